The summed E-state index contributed by atoms with van der Waals surface area (Å²) in [5, 5.41) is 9.99. The van der Waals surface area contributed by atoms with Crippen LogP contribution in [0.4, 0.5) is 0 Å². The van der Waals surface area contributed by atoms with E-state index >= 15 is 0 Å². The molecule has 0 bridgehead atoms. The third-order valence-electron chi connectivity index (χ3n) is 2.66. The first-order valence-electron chi connectivity index (χ1n) is 5.41. The summed E-state index contributed by atoms with van der Waals surface area (Å²) in [6.45, 7) is 3.87. The molecular weight excluding hydrogens is 315 g/mol. The maximum absolute atomic E-state index is 12.2. The van der Waals surface area contributed by atoms with Crippen molar-refractivity contribution in [3.05, 3.63) is 35.9 Å². The van der Waals surface area contributed by atoms with Crippen molar-refractivity contribution in [2.75, 3.05) is 4.43 Å². The highest BCUT2D eigenvalue weighted by atomic mass is 127. The standard InChI is InChI=1S/C13H17IO2/c1-9(2)12(15)11(8-14)13(16)10-6-4-3-5-7-10/h3-7,9,11-12,15H,8H2,1-2H3/t11-,12+/m1/s1. The lowest BCUT2D eigenvalue weighted by Gasteiger charge is -2.22. The minimum absolute atomic E-state index is 0.0381. The molecule has 1 aromatic carbocycles. The van der Waals surface area contributed by atoms with E-state index in [4.69, 9.17) is 0 Å². The van der Waals surface area contributed by atoms with Crippen LogP contribution < -0.4 is 0 Å². The van der Waals surface area contributed by atoms with Crippen molar-refractivity contribution < 1.29 is 9.90 Å². The number of Topliss-reactive ketones (excluding diaryl/α,β-unsaturated/α-hetero) is 1. The number of hydrogen-bond donors (Lipinski definition) is 1. The molecule has 0 fully saturated rings. The lowest BCUT2D eigenvalue weighted by Crippen LogP contribution is -2.33. The van der Waals surface area contributed by atoms with Crippen LogP contribution in [0.3, 0.4) is 0 Å². The van der Waals surface area contributed by atoms with Gasteiger partial charge in [-0.15, -0.1) is 0 Å². The number of aliphatic hydroxyl groups excluding tert-OH is 1. The van der Waals surface area contributed by atoms with Crippen molar-refractivity contribution in [3.63, 3.8) is 0 Å². The number of aliphatic hydroxyl groups is 1. The van der Waals surface area contributed by atoms with Gasteiger partial charge in [0.1, 0.15) is 0 Å². The Morgan fingerprint density at radius 3 is 2.31 bits per heavy atom. The Balaban J connectivity index is 2.86. The molecule has 2 nitrogen and oxygen atoms in total. The number of ketones is 1. The van der Waals surface area contributed by atoms with Gasteiger partial charge in [0.2, 0.25) is 0 Å². The van der Waals surface area contributed by atoms with E-state index < -0.39 is 6.10 Å². The van der Waals surface area contributed by atoms with Crippen molar-refractivity contribution in [1.29, 1.82) is 0 Å². The molecule has 0 saturated carbocycles. The Hall–Kier alpha value is -0.420. The molecule has 0 saturated heterocycles. The number of alkyl halides is 1. The molecule has 16 heavy (non-hydrogen) atoms. The Bertz CT molecular complexity index is 335. The average molecular weight is 332 g/mol. The lowest BCUT2D eigenvalue weighted by molar-refractivity contribution is 0.0571. The van der Waals surface area contributed by atoms with Crippen molar-refractivity contribution >= 4 is 28.4 Å². The number of halogens is 1. The topological polar surface area (TPSA) is 37.3 Å². The third kappa shape index (κ3) is 3.28. The molecular formula is C13H17IO2. The summed E-state index contributed by atoms with van der Waals surface area (Å²) in [7, 11) is 0. The number of benzene rings is 1. The number of carbonyl (C=O) groups is 1. The Kier molecular flexibility index (Phi) is 5.41. The van der Waals surface area contributed by atoms with E-state index in [0.29, 0.717) is 9.99 Å². The summed E-state index contributed by atoms with van der Waals surface area (Å²) in [6.07, 6.45) is -0.565. The van der Waals surface area contributed by atoms with Crippen molar-refractivity contribution in [1.82, 2.24) is 0 Å². The van der Waals surface area contributed by atoms with Crippen molar-refractivity contribution in [3.8, 4) is 0 Å². The summed E-state index contributed by atoms with van der Waals surface area (Å²) in [6, 6.07) is 9.18. The molecule has 0 aliphatic carbocycles. The lowest BCUT2D eigenvalue weighted by atomic mass is 9.88. The second-order valence-electron chi connectivity index (χ2n) is 4.23. The Labute approximate surface area is 110 Å². The maximum Gasteiger partial charge on any atom is 0.169 e. The van der Waals surface area contributed by atoms with Gasteiger partial charge in [-0.3, -0.25) is 4.79 Å². The van der Waals surface area contributed by atoms with Crippen LogP contribution in [-0.4, -0.2) is 21.4 Å². The van der Waals surface area contributed by atoms with Gasteiger partial charge in [-0.1, -0.05) is 66.8 Å². The van der Waals surface area contributed by atoms with Gasteiger partial charge >= 0.3 is 0 Å². The second kappa shape index (κ2) is 6.35. The molecule has 0 unspecified atom stereocenters. The zero-order valence-corrected chi connectivity index (χ0v) is 11.7. The Morgan fingerprint density at radius 1 is 1.31 bits per heavy atom. The number of hydrogen-bond acceptors (Lipinski definition) is 2. The van der Waals surface area contributed by atoms with E-state index in [0.717, 1.165) is 0 Å². The molecule has 0 aliphatic rings. The quantitative estimate of drug-likeness (QED) is 0.511. The molecule has 1 aromatic rings. The fourth-order valence-corrected chi connectivity index (χ4v) is 2.52. The van der Waals surface area contributed by atoms with E-state index in [9.17, 15) is 9.90 Å². The molecule has 0 heterocycles. The van der Waals surface area contributed by atoms with Gasteiger partial charge in [-0.05, 0) is 5.92 Å². The van der Waals surface area contributed by atoms with Crippen LogP contribution in [0.1, 0.15) is 24.2 Å². The average Bonchev–Trinajstić information content (AvgIpc) is 2.30. The fraction of sp³-hybridized carbons (Fsp3) is 0.462. The first kappa shape index (κ1) is 13.6. The molecule has 0 amide bonds. The molecule has 0 spiro atoms. The normalized spacial score (nSPS) is 14.8. The molecule has 0 aromatic heterocycles. The number of carbonyl (C=O) groups excluding carboxylic acids is 1. The predicted octanol–water partition coefficient (Wildman–Crippen LogP) is 2.94. The first-order chi connectivity index (χ1) is 7.57. The van der Waals surface area contributed by atoms with E-state index in [1.54, 1.807) is 12.1 Å². The second-order valence-corrected chi connectivity index (χ2v) is 5.11. The van der Waals surface area contributed by atoms with Crippen molar-refractivity contribution in [2.45, 2.75) is 20.0 Å². The largest absolute Gasteiger partial charge is 0.392 e. The van der Waals surface area contributed by atoms with Crippen LogP contribution >= 0.6 is 22.6 Å². The van der Waals surface area contributed by atoms with E-state index in [2.05, 4.69) is 22.6 Å². The van der Waals surface area contributed by atoms with Gasteiger partial charge in [-0.25, -0.2) is 0 Å². The van der Waals surface area contributed by atoms with Gasteiger partial charge < -0.3 is 5.11 Å². The molecule has 0 radical (unpaired) electrons. The van der Waals surface area contributed by atoms with Gasteiger partial charge in [0.15, 0.2) is 5.78 Å². The highest BCUT2D eigenvalue weighted by molar-refractivity contribution is 14.1. The summed E-state index contributed by atoms with van der Waals surface area (Å²) >= 11 is 2.16. The summed E-state index contributed by atoms with van der Waals surface area (Å²) in [4.78, 5) is 12.2. The predicted molar refractivity (Wildman–Crippen MR) is 74.0 cm³/mol. The minimum Gasteiger partial charge on any atom is -0.392 e. The van der Waals surface area contributed by atoms with Crippen LogP contribution in [-0.2, 0) is 0 Å². The maximum atomic E-state index is 12.2. The summed E-state index contributed by atoms with van der Waals surface area (Å²) in [5.74, 6) is -0.161. The molecule has 2 atom stereocenters. The minimum atomic E-state index is -0.565. The number of rotatable bonds is 5. The molecule has 88 valence electrons. The van der Waals surface area contributed by atoms with Gasteiger partial charge in [-0.2, -0.15) is 0 Å². The van der Waals surface area contributed by atoms with E-state index in [1.165, 1.54) is 0 Å². The van der Waals surface area contributed by atoms with E-state index in [-0.39, 0.29) is 17.6 Å². The van der Waals surface area contributed by atoms with Crippen LogP contribution in [0.15, 0.2) is 30.3 Å². The third-order valence-corrected chi connectivity index (χ3v) is 3.61. The Morgan fingerprint density at radius 2 is 1.88 bits per heavy atom. The van der Waals surface area contributed by atoms with Crippen LogP contribution in [0.25, 0.3) is 0 Å². The van der Waals surface area contributed by atoms with Gasteiger partial charge in [0, 0.05) is 9.99 Å². The SMILES string of the molecule is CC(C)[C@H](O)[C@@H](CI)C(=O)c1ccccc1. The van der Waals surface area contributed by atoms with Crippen LogP contribution in [0.5, 0.6) is 0 Å². The van der Waals surface area contributed by atoms with Crippen LogP contribution in [0.2, 0.25) is 0 Å². The monoisotopic (exact) mass is 332 g/mol. The van der Waals surface area contributed by atoms with E-state index in [1.807, 2.05) is 32.0 Å². The zero-order valence-electron chi connectivity index (χ0n) is 9.56. The molecule has 3 heteroatoms. The fourth-order valence-electron chi connectivity index (χ4n) is 1.60. The zero-order chi connectivity index (χ0) is 12.1. The van der Waals surface area contributed by atoms with Gasteiger partial charge in [0.25, 0.3) is 0 Å². The summed E-state index contributed by atoms with van der Waals surface area (Å²) < 4.78 is 0.644. The molecule has 1 rings (SSSR count). The highest BCUT2D eigenvalue weighted by Crippen LogP contribution is 2.20. The van der Waals surface area contributed by atoms with Crippen LogP contribution in [0, 0.1) is 11.8 Å². The molecule has 1 N–H and O–H groups in total. The summed E-state index contributed by atoms with van der Waals surface area (Å²) in [5.41, 5.74) is 0.684. The first-order valence-corrected chi connectivity index (χ1v) is 6.93. The molecule has 0 aliphatic heterocycles. The highest BCUT2D eigenvalue weighted by Gasteiger charge is 2.28. The van der Waals surface area contributed by atoms with Gasteiger partial charge in [0.05, 0.1) is 12.0 Å². The smallest absolute Gasteiger partial charge is 0.169 e. The van der Waals surface area contributed by atoms with Crippen molar-refractivity contribution in [2.24, 2.45) is 11.8 Å².